The topological polar surface area (TPSA) is 41.8 Å². The number of rotatable bonds is 3. The molecular formula is C13H17FN2. The number of hydrogen-bond acceptors (Lipinski definition) is 1. The summed E-state index contributed by atoms with van der Waals surface area (Å²) in [5, 5.41) is 0.941. The Balaban J connectivity index is 2.36. The molecule has 0 bridgehead atoms. The largest absolute Gasteiger partial charge is 0.359 e. The molecule has 1 aromatic carbocycles. The van der Waals surface area contributed by atoms with Crippen molar-refractivity contribution in [2.45, 2.75) is 26.3 Å². The van der Waals surface area contributed by atoms with Gasteiger partial charge in [-0.1, -0.05) is 26.0 Å². The smallest absolute Gasteiger partial charge is 0.147 e. The van der Waals surface area contributed by atoms with Crippen LogP contribution in [0.25, 0.3) is 10.9 Å². The molecule has 1 atom stereocenters. The Hall–Kier alpha value is -1.35. The van der Waals surface area contributed by atoms with Gasteiger partial charge in [-0.25, -0.2) is 4.39 Å². The van der Waals surface area contributed by atoms with E-state index in [-0.39, 0.29) is 11.9 Å². The second-order valence-electron chi connectivity index (χ2n) is 4.59. The van der Waals surface area contributed by atoms with E-state index >= 15 is 0 Å². The first kappa shape index (κ1) is 11.1. The van der Waals surface area contributed by atoms with Crippen LogP contribution in [-0.4, -0.2) is 11.0 Å². The van der Waals surface area contributed by atoms with Crippen LogP contribution < -0.4 is 5.73 Å². The maximum atomic E-state index is 13.4. The Labute approximate surface area is 94.7 Å². The summed E-state index contributed by atoms with van der Waals surface area (Å²) in [6.45, 7) is 4.19. The summed E-state index contributed by atoms with van der Waals surface area (Å²) < 4.78 is 13.4. The number of nitrogens with one attached hydrogen (secondary N) is 1. The van der Waals surface area contributed by atoms with Crippen molar-refractivity contribution in [3.05, 3.63) is 35.8 Å². The molecule has 3 heteroatoms. The van der Waals surface area contributed by atoms with Crippen LogP contribution in [-0.2, 0) is 6.42 Å². The van der Waals surface area contributed by atoms with E-state index in [2.05, 4.69) is 18.8 Å². The Kier molecular flexibility index (Phi) is 2.97. The van der Waals surface area contributed by atoms with Crippen molar-refractivity contribution in [3.63, 3.8) is 0 Å². The normalized spacial score (nSPS) is 13.6. The van der Waals surface area contributed by atoms with E-state index in [1.54, 1.807) is 6.07 Å². The molecule has 2 rings (SSSR count). The van der Waals surface area contributed by atoms with Gasteiger partial charge < -0.3 is 10.7 Å². The molecule has 0 spiro atoms. The number of para-hydroxylation sites is 1. The minimum absolute atomic E-state index is 0.113. The first-order chi connectivity index (χ1) is 7.59. The van der Waals surface area contributed by atoms with Gasteiger partial charge in [0.2, 0.25) is 0 Å². The molecule has 0 radical (unpaired) electrons. The first-order valence-electron chi connectivity index (χ1n) is 5.59. The summed E-state index contributed by atoms with van der Waals surface area (Å²) in [5.74, 6) is 0.223. The lowest BCUT2D eigenvalue weighted by molar-refractivity contribution is 0.491. The maximum absolute atomic E-state index is 13.4. The number of nitrogens with two attached hydrogens (primary N) is 1. The van der Waals surface area contributed by atoms with Crippen molar-refractivity contribution in [1.82, 2.24) is 4.98 Å². The maximum Gasteiger partial charge on any atom is 0.147 e. The highest BCUT2D eigenvalue weighted by molar-refractivity contribution is 5.83. The molecule has 86 valence electrons. The van der Waals surface area contributed by atoms with Crippen molar-refractivity contribution in [1.29, 1.82) is 0 Å². The predicted octanol–water partition coefficient (Wildman–Crippen LogP) is 2.83. The average Bonchev–Trinajstić information content (AvgIpc) is 2.63. The quantitative estimate of drug-likeness (QED) is 0.820. The average molecular weight is 220 g/mol. The summed E-state index contributed by atoms with van der Waals surface area (Å²) >= 11 is 0. The molecule has 2 aromatic rings. The lowest BCUT2D eigenvalue weighted by Crippen LogP contribution is -2.28. The molecule has 16 heavy (non-hydrogen) atoms. The third-order valence-electron chi connectivity index (χ3n) is 3.06. The Bertz CT molecular complexity index is 488. The number of aromatic amines is 1. The SMILES string of the molecule is CC(C)C(N)Cc1c[nH]c2c(F)cccc12. The van der Waals surface area contributed by atoms with Crippen LogP contribution in [0.5, 0.6) is 0 Å². The molecule has 0 aliphatic rings. The molecule has 0 amide bonds. The number of fused-ring (bicyclic) bond motifs is 1. The Morgan fingerprint density at radius 1 is 1.38 bits per heavy atom. The minimum atomic E-state index is -0.207. The highest BCUT2D eigenvalue weighted by Crippen LogP contribution is 2.22. The first-order valence-corrected chi connectivity index (χ1v) is 5.59. The molecule has 0 aliphatic heterocycles. The van der Waals surface area contributed by atoms with Crippen LogP contribution in [0.4, 0.5) is 4.39 Å². The molecule has 1 unspecified atom stereocenters. The van der Waals surface area contributed by atoms with Gasteiger partial charge in [-0.15, -0.1) is 0 Å². The summed E-state index contributed by atoms with van der Waals surface area (Å²) in [7, 11) is 0. The fraction of sp³-hybridized carbons (Fsp3) is 0.385. The van der Waals surface area contributed by atoms with Crippen LogP contribution in [0.2, 0.25) is 0 Å². The fourth-order valence-electron chi connectivity index (χ4n) is 1.83. The van der Waals surface area contributed by atoms with Crippen LogP contribution in [0, 0.1) is 11.7 Å². The van der Waals surface area contributed by atoms with Gasteiger partial charge >= 0.3 is 0 Å². The molecule has 1 heterocycles. The number of halogens is 1. The van der Waals surface area contributed by atoms with Crippen LogP contribution in [0.1, 0.15) is 19.4 Å². The minimum Gasteiger partial charge on any atom is -0.359 e. The summed E-state index contributed by atoms with van der Waals surface area (Å²) in [4.78, 5) is 2.97. The van der Waals surface area contributed by atoms with E-state index in [4.69, 9.17) is 5.73 Å². The van der Waals surface area contributed by atoms with Gasteiger partial charge in [0.25, 0.3) is 0 Å². The zero-order chi connectivity index (χ0) is 11.7. The van der Waals surface area contributed by atoms with Gasteiger partial charge in [0.05, 0.1) is 5.52 Å². The van der Waals surface area contributed by atoms with E-state index in [0.29, 0.717) is 11.4 Å². The van der Waals surface area contributed by atoms with E-state index in [1.807, 2.05) is 12.3 Å². The van der Waals surface area contributed by atoms with Crippen LogP contribution >= 0.6 is 0 Å². The number of hydrogen-bond donors (Lipinski definition) is 2. The zero-order valence-corrected chi connectivity index (χ0v) is 9.63. The monoisotopic (exact) mass is 220 g/mol. The standard InChI is InChI=1S/C13H17FN2/c1-8(2)12(15)6-9-7-16-13-10(9)4-3-5-11(13)14/h3-5,7-8,12,16H,6,15H2,1-2H3. The molecule has 2 nitrogen and oxygen atoms in total. The molecule has 3 N–H and O–H groups in total. The zero-order valence-electron chi connectivity index (χ0n) is 9.63. The molecule has 0 saturated carbocycles. The van der Waals surface area contributed by atoms with Crippen LogP contribution in [0.3, 0.4) is 0 Å². The lowest BCUT2D eigenvalue weighted by Gasteiger charge is -2.14. The van der Waals surface area contributed by atoms with Crippen molar-refractivity contribution >= 4 is 10.9 Å². The van der Waals surface area contributed by atoms with Gasteiger partial charge in [-0.05, 0) is 24.0 Å². The number of aromatic nitrogens is 1. The van der Waals surface area contributed by atoms with Crippen molar-refractivity contribution in [2.75, 3.05) is 0 Å². The third-order valence-corrected chi connectivity index (χ3v) is 3.06. The summed E-state index contributed by atoms with van der Waals surface area (Å²) in [6.07, 6.45) is 2.64. The van der Waals surface area contributed by atoms with E-state index < -0.39 is 0 Å². The van der Waals surface area contributed by atoms with Gasteiger partial charge in [0, 0.05) is 17.6 Å². The number of benzene rings is 1. The molecule has 0 fully saturated rings. The Morgan fingerprint density at radius 2 is 2.12 bits per heavy atom. The summed E-state index contributed by atoms with van der Waals surface area (Å²) in [6, 6.07) is 5.24. The van der Waals surface area contributed by atoms with Gasteiger partial charge in [0.15, 0.2) is 0 Å². The van der Waals surface area contributed by atoms with Gasteiger partial charge in [0.1, 0.15) is 5.82 Å². The third kappa shape index (κ3) is 1.95. The highest BCUT2D eigenvalue weighted by atomic mass is 19.1. The van der Waals surface area contributed by atoms with E-state index in [9.17, 15) is 4.39 Å². The Morgan fingerprint density at radius 3 is 2.81 bits per heavy atom. The molecule has 1 aromatic heterocycles. The highest BCUT2D eigenvalue weighted by Gasteiger charge is 2.12. The fourth-order valence-corrected chi connectivity index (χ4v) is 1.83. The van der Waals surface area contributed by atoms with E-state index in [0.717, 1.165) is 17.4 Å². The predicted molar refractivity (Wildman–Crippen MR) is 64.8 cm³/mol. The van der Waals surface area contributed by atoms with Crippen molar-refractivity contribution in [3.8, 4) is 0 Å². The second kappa shape index (κ2) is 4.26. The van der Waals surface area contributed by atoms with Crippen molar-refractivity contribution in [2.24, 2.45) is 11.7 Å². The van der Waals surface area contributed by atoms with E-state index in [1.165, 1.54) is 6.07 Å². The molecule has 0 saturated heterocycles. The lowest BCUT2D eigenvalue weighted by atomic mass is 9.97. The van der Waals surface area contributed by atoms with Crippen LogP contribution in [0.15, 0.2) is 24.4 Å². The van der Waals surface area contributed by atoms with Gasteiger partial charge in [-0.2, -0.15) is 0 Å². The summed E-state index contributed by atoms with van der Waals surface area (Å²) in [5.41, 5.74) is 7.70. The second-order valence-corrected chi connectivity index (χ2v) is 4.59. The van der Waals surface area contributed by atoms with Crippen molar-refractivity contribution < 1.29 is 4.39 Å². The number of H-pyrrole nitrogens is 1. The molecule has 0 aliphatic carbocycles. The molecular weight excluding hydrogens is 203 g/mol. The van der Waals surface area contributed by atoms with Gasteiger partial charge in [-0.3, -0.25) is 0 Å².